The van der Waals surface area contributed by atoms with Crippen LogP contribution in [0.5, 0.6) is 0 Å². The lowest BCUT2D eigenvalue weighted by atomic mass is 10.1. The van der Waals surface area contributed by atoms with Crippen molar-refractivity contribution in [1.82, 2.24) is 9.88 Å². The summed E-state index contributed by atoms with van der Waals surface area (Å²) < 4.78 is 5.74. The van der Waals surface area contributed by atoms with Crippen LogP contribution in [-0.4, -0.2) is 28.9 Å². The van der Waals surface area contributed by atoms with Gasteiger partial charge in [0.1, 0.15) is 5.52 Å². The highest BCUT2D eigenvalue weighted by Crippen LogP contribution is 2.25. The molecule has 3 rings (SSSR count). The van der Waals surface area contributed by atoms with Gasteiger partial charge in [0.15, 0.2) is 5.58 Å². The monoisotopic (exact) mass is 309 g/mol. The number of anilines is 1. The van der Waals surface area contributed by atoms with Crippen LogP contribution in [0, 0.1) is 0 Å². The molecular formula is C18H19N3O2. The largest absolute Gasteiger partial charge is 0.436 e. The van der Waals surface area contributed by atoms with E-state index in [4.69, 9.17) is 10.2 Å². The van der Waals surface area contributed by atoms with E-state index in [1.165, 1.54) is 0 Å². The molecule has 0 aliphatic heterocycles. The van der Waals surface area contributed by atoms with Crippen LogP contribution in [0.3, 0.4) is 0 Å². The van der Waals surface area contributed by atoms with Crippen LogP contribution in [-0.2, 0) is 0 Å². The molecule has 1 heterocycles. The van der Waals surface area contributed by atoms with Gasteiger partial charge in [-0.3, -0.25) is 4.79 Å². The third-order valence-corrected chi connectivity index (χ3v) is 3.84. The zero-order valence-electron chi connectivity index (χ0n) is 13.2. The van der Waals surface area contributed by atoms with Gasteiger partial charge in [-0.2, -0.15) is 0 Å². The van der Waals surface area contributed by atoms with Crippen LogP contribution in [0.25, 0.3) is 22.6 Å². The summed E-state index contributed by atoms with van der Waals surface area (Å²) in [6, 6.07) is 12.7. The Balaban J connectivity index is 1.90. The number of nitrogens with zero attached hydrogens (tertiary/aromatic N) is 2. The van der Waals surface area contributed by atoms with Gasteiger partial charge in [0.2, 0.25) is 5.89 Å². The van der Waals surface area contributed by atoms with Crippen molar-refractivity contribution in [2.45, 2.75) is 13.8 Å². The summed E-state index contributed by atoms with van der Waals surface area (Å²) in [7, 11) is 0. The number of nitrogen functional groups attached to an aromatic ring is 1. The fraction of sp³-hybridized carbons (Fsp3) is 0.222. The van der Waals surface area contributed by atoms with E-state index in [1.54, 1.807) is 35.2 Å². The first-order chi connectivity index (χ1) is 11.1. The molecule has 0 fully saturated rings. The molecule has 0 aliphatic rings. The molecule has 0 spiro atoms. The number of hydrogen-bond donors (Lipinski definition) is 1. The molecule has 2 aromatic carbocycles. The van der Waals surface area contributed by atoms with E-state index < -0.39 is 0 Å². The van der Waals surface area contributed by atoms with Crippen LogP contribution >= 0.6 is 0 Å². The zero-order valence-corrected chi connectivity index (χ0v) is 13.2. The summed E-state index contributed by atoms with van der Waals surface area (Å²) in [4.78, 5) is 18.5. The van der Waals surface area contributed by atoms with Gasteiger partial charge in [0.25, 0.3) is 5.91 Å². The minimum absolute atomic E-state index is 0.0342. The zero-order chi connectivity index (χ0) is 16.4. The topological polar surface area (TPSA) is 72.4 Å². The van der Waals surface area contributed by atoms with Crippen LogP contribution in [0.4, 0.5) is 5.69 Å². The lowest BCUT2D eigenvalue weighted by Gasteiger charge is -2.18. The van der Waals surface area contributed by atoms with E-state index in [9.17, 15) is 4.79 Å². The molecule has 0 saturated heterocycles. The van der Waals surface area contributed by atoms with E-state index >= 15 is 0 Å². The maximum Gasteiger partial charge on any atom is 0.253 e. The summed E-state index contributed by atoms with van der Waals surface area (Å²) in [6.07, 6.45) is 0. The van der Waals surface area contributed by atoms with E-state index in [0.29, 0.717) is 35.8 Å². The first-order valence-corrected chi connectivity index (χ1v) is 7.68. The lowest BCUT2D eigenvalue weighted by molar-refractivity contribution is 0.0773. The highest BCUT2D eigenvalue weighted by Gasteiger charge is 2.13. The maximum atomic E-state index is 12.3. The summed E-state index contributed by atoms with van der Waals surface area (Å²) in [5.74, 6) is 0.555. The molecule has 0 aliphatic carbocycles. The van der Waals surface area contributed by atoms with Crippen LogP contribution in [0.1, 0.15) is 24.2 Å². The third-order valence-electron chi connectivity index (χ3n) is 3.84. The number of fused-ring (bicyclic) bond motifs is 1. The quantitative estimate of drug-likeness (QED) is 0.748. The Morgan fingerprint density at radius 2 is 1.83 bits per heavy atom. The number of nitrogens with two attached hydrogens (primary N) is 1. The van der Waals surface area contributed by atoms with Gasteiger partial charge in [-0.05, 0) is 56.3 Å². The summed E-state index contributed by atoms with van der Waals surface area (Å²) in [5.41, 5.74) is 9.32. The van der Waals surface area contributed by atoms with Gasteiger partial charge < -0.3 is 15.1 Å². The molecule has 23 heavy (non-hydrogen) atoms. The van der Waals surface area contributed by atoms with Crippen molar-refractivity contribution in [1.29, 1.82) is 0 Å². The summed E-state index contributed by atoms with van der Waals surface area (Å²) >= 11 is 0. The predicted molar refractivity (Wildman–Crippen MR) is 91.1 cm³/mol. The molecule has 1 aromatic heterocycles. The molecule has 3 aromatic rings. The molecule has 0 radical (unpaired) electrons. The average molecular weight is 309 g/mol. The maximum absolute atomic E-state index is 12.3. The lowest BCUT2D eigenvalue weighted by Crippen LogP contribution is -2.30. The molecule has 5 nitrogen and oxygen atoms in total. The standard InChI is InChI=1S/C18H19N3O2/c1-3-21(4-2)18(22)13-7-5-12(6-8-13)17-20-15-11-14(19)9-10-16(15)23-17/h5-11H,3-4,19H2,1-2H3. The van der Waals surface area contributed by atoms with Crippen molar-refractivity contribution in [2.24, 2.45) is 0 Å². The van der Waals surface area contributed by atoms with Gasteiger partial charge in [0, 0.05) is 29.9 Å². The number of carbonyl (C=O) groups excluding carboxylic acids is 1. The van der Waals surface area contributed by atoms with Crippen molar-refractivity contribution >= 4 is 22.7 Å². The van der Waals surface area contributed by atoms with Crippen molar-refractivity contribution in [3.05, 3.63) is 48.0 Å². The Hall–Kier alpha value is -2.82. The Morgan fingerprint density at radius 3 is 2.48 bits per heavy atom. The molecule has 0 saturated carbocycles. The van der Waals surface area contributed by atoms with Gasteiger partial charge in [-0.15, -0.1) is 0 Å². The third kappa shape index (κ3) is 2.90. The van der Waals surface area contributed by atoms with Gasteiger partial charge in [-0.25, -0.2) is 4.98 Å². The number of carbonyl (C=O) groups is 1. The molecular weight excluding hydrogens is 290 g/mol. The minimum atomic E-state index is 0.0342. The molecule has 0 atom stereocenters. The Labute approximate surface area is 134 Å². The molecule has 2 N–H and O–H groups in total. The molecule has 1 amide bonds. The second-order valence-electron chi connectivity index (χ2n) is 5.30. The van der Waals surface area contributed by atoms with Gasteiger partial charge >= 0.3 is 0 Å². The van der Waals surface area contributed by atoms with E-state index in [-0.39, 0.29) is 5.91 Å². The van der Waals surface area contributed by atoms with Crippen molar-refractivity contribution in [3.8, 4) is 11.5 Å². The fourth-order valence-electron chi connectivity index (χ4n) is 2.52. The average Bonchev–Trinajstić information content (AvgIpc) is 2.99. The first kappa shape index (κ1) is 15.1. The van der Waals surface area contributed by atoms with Crippen LogP contribution < -0.4 is 5.73 Å². The minimum Gasteiger partial charge on any atom is -0.436 e. The normalized spacial score (nSPS) is 10.9. The fourth-order valence-corrected chi connectivity index (χ4v) is 2.52. The van der Waals surface area contributed by atoms with Crippen LogP contribution in [0.15, 0.2) is 46.9 Å². The Morgan fingerprint density at radius 1 is 1.13 bits per heavy atom. The summed E-state index contributed by atoms with van der Waals surface area (Å²) in [5, 5.41) is 0. The second-order valence-corrected chi connectivity index (χ2v) is 5.30. The van der Waals surface area contributed by atoms with Crippen molar-refractivity contribution < 1.29 is 9.21 Å². The van der Waals surface area contributed by atoms with Crippen molar-refractivity contribution in [3.63, 3.8) is 0 Å². The van der Waals surface area contributed by atoms with E-state index in [0.717, 1.165) is 11.1 Å². The smallest absolute Gasteiger partial charge is 0.253 e. The SMILES string of the molecule is CCN(CC)C(=O)c1ccc(-c2nc3cc(N)ccc3o2)cc1. The predicted octanol–water partition coefficient (Wildman–Crippen LogP) is 3.56. The Bertz CT molecular complexity index is 833. The van der Waals surface area contributed by atoms with Crippen molar-refractivity contribution in [2.75, 3.05) is 18.8 Å². The number of hydrogen-bond acceptors (Lipinski definition) is 4. The van der Waals surface area contributed by atoms with Gasteiger partial charge in [-0.1, -0.05) is 0 Å². The van der Waals surface area contributed by atoms with E-state index in [2.05, 4.69) is 4.98 Å². The number of rotatable bonds is 4. The highest BCUT2D eigenvalue weighted by molar-refractivity contribution is 5.94. The number of benzene rings is 2. The van der Waals surface area contributed by atoms with Gasteiger partial charge in [0.05, 0.1) is 0 Å². The molecule has 0 unspecified atom stereocenters. The molecule has 118 valence electrons. The number of amides is 1. The summed E-state index contributed by atoms with van der Waals surface area (Å²) in [6.45, 7) is 5.34. The number of oxazole rings is 1. The van der Waals surface area contributed by atoms with E-state index in [1.807, 2.05) is 26.0 Å². The molecule has 5 heteroatoms. The number of aromatic nitrogens is 1. The Kier molecular flexibility index (Phi) is 4.02. The molecule has 0 bridgehead atoms. The second kappa shape index (κ2) is 6.12. The van der Waals surface area contributed by atoms with Crippen LogP contribution in [0.2, 0.25) is 0 Å². The first-order valence-electron chi connectivity index (χ1n) is 7.68. The highest BCUT2D eigenvalue weighted by atomic mass is 16.3.